The molecule has 0 aliphatic heterocycles. The van der Waals surface area contributed by atoms with Gasteiger partial charge in [0.25, 0.3) is 5.91 Å². The van der Waals surface area contributed by atoms with E-state index in [0.717, 1.165) is 21.9 Å². The smallest absolute Gasteiger partial charge is 0.305 e. The van der Waals surface area contributed by atoms with Gasteiger partial charge in [-0.2, -0.15) is 0 Å². The molecule has 0 radical (unpaired) electrons. The average Bonchev–Trinajstić information content (AvgIpc) is 3.25. The maximum absolute atomic E-state index is 12.7. The fourth-order valence-corrected chi connectivity index (χ4v) is 3.98. The lowest BCUT2D eigenvalue weighted by atomic mass is 10.0. The van der Waals surface area contributed by atoms with Crippen molar-refractivity contribution in [3.63, 3.8) is 0 Å². The number of carbonyl (C=O) groups excluding carboxylic acids is 1. The fourth-order valence-electron chi connectivity index (χ4n) is 3.98. The summed E-state index contributed by atoms with van der Waals surface area (Å²) < 4.78 is 1.86. The maximum Gasteiger partial charge on any atom is 0.305 e. The molecule has 0 bridgehead atoms. The number of fused-ring (bicyclic) bond motifs is 2. The van der Waals surface area contributed by atoms with Crippen molar-refractivity contribution >= 4 is 39.4 Å². The standard InChI is InChI=1S/C26H20N4O3/c31-25(32)14-24(17-6-2-1-3-7-17)30-16-28-21-13-20(10-11-23(21)30)29-26(33)22-12-18-8-4-5-9-19(18)15-27-22/h1-13,15-16,24H,14H2,(H,29,33)(H,31,32). The molecule has 0 aliphatic carbocycles. The molecule has 0 aliphatic rings. The highest BCUT2D eigenvalue weighted by atomic mass is 16.4. The monoisotopic (exact) mass is 436 g/mol. The maximum atomic E-state index is 12.7. The average molecular weight is 436 g/mol. The Labute approximate surface area is 189 Å². The van der Waals surface area contributed by atoms with Crippen LogP contribution in [0.3, 0.4) is 0 Å². The predicted octanol–water partition coefficient (Wildman–Crippen LogP) is 4.90. The number of pyridine rings is 1. The van der Waals surface area contributed by atoms with E-state index in [1.54, 1.807) is 30.7 Å². The van der Waals surface area contributed by atoms with Crippen molar-refractivity contribution in [1.82, 2.24) is 14.5 Å². The molecule has 0 fully saturated rings. The Morgan fingerprint density at radius 2 is 1.67 bits per heavy atom. The van der Waals surface area contributed by atoms with Crippen LogP contribution in [0.1, 0.15) is 28.5 Å². The number of amides is 1. The number of nitrogens with zero attached hydrogens (tertiary/aromatic N) is 3. The quantitative estimate of drug-likeness (QED) is 0.395. The first-order chi connectivity index (χ1) is 16.1. The molecule has 7 nitrogen and oxygen atoms in total. The molecule has 5 rings (SSSR count). The number of hydrogen-bond donors (Lipinski definition) is 2. The summed E-state index contributed by atoms with van der Waals surface area (Å²) in [7, 11) is 0. The summed E-state index contributed by atoms with van der Waals surface area (Å²) >= 11 is 0. The van der Waals surface area contributed by atoms with Gasteiger partial charge in [-0.3, -0.25) is 14.6 Å². The second kappa shape index (κ2) is 8.55. The number of anilines is 1. The third-order valence-electron chi connectivity index (χ3n) is 5.58. The number of hydrogen-bond acceptors (Lipinski definition) is 4. The van der Waals surface area contributed by atoms with Gasteiger partial charge in [-0.25, -0.2) is 4.98 Å². The summed E-state index contributed by atoms with van der Waals surface area (Å²) in [6, 6.07) is 24.0. The molecular weight excluding hydrogens is 416 g/mol. The van der Waals surface area contributed by atoms with Crippen molar-refractivity contribution in [2.45, 2.75) is 12.5 Å². The van der Waals surface area contributed by atoms with Crippen LogP contribution in [0.25, 0.3) is 21.8 Å². The summed E-state index contributed by atoms with van der Waals surface area (Å²) in [5.74, 6) is -1.20. The molecule has 1 atom stereocenters. The Bertz CT molecular complexity index is 1480. The molecule has 1 amide bonds. The van der Waals surface area contributed by atoms with Crippen molar-refractivity contribution in [2.24, 2.45) is 0 Å². The van der Waals surface area contributed by atoms with Crippen LogP contribution in [-0.4, -0.2) is 31.5 Å². The van der Waals surface area contributed by atoms with Gasteiger partial charge >= 0.3 is 5.97 Å². The molecule has 2 heterocycles. The molecule has 0 saturated carbocycles. The van der Waals surface area contributed by atoms with Crippen LogP contribution < -0.4 is 5.32 Å². The topological polar surface area (TPSA) is 97.1 Å². The number of carbonyl (C=O) groups is 2. The van der Waals surface area contributed by atoms with Gasteiger partial charge in [0.2, 0.25) is 0 Å². The summed E-state index contributed by atoms with van der Waals surface area (Å²) in [5.41, 5.74) is 3.24. The SMILES string of the molecule is O=C(O)CC(c1ccccc1)n1cnc2cc(NC(=O)c3cc4ccccc4cn3)ccc21. The van der Waals surface area contributed by atoms with Crippen LogP contribution in [-0.2, 0) is 4.79 Å². The fraction of sp³-hybridized carbons (Fsp3) is 0.0769. The van der Waals surface area contributed by atoms with E-state index in [1.165, 1.54) is 0 Å². The highest BCUT2D eigenvalue weighted by Crippen LogP contribution is 2.28. The lowest BCUT2D eigenvalue weighted by Gasteiger charge is -2.18. The predicted molar refractivity (Wildman–Crippen MR) is 126 cm³/mol. The minimum Gasteiger partial charge on any atom is -0.481 e. The lowest BCUT2D eigenvalue weighted by molar-refractivity contribution is -0.137. The molecule has 1 unspecified atom stereocenters. The Morgan fingerprint density at radius 3 is 2.45 bits per heavy atom. The zero-order chi connectivity index (χ0) is 22.8. The molecule has 3 aromatic carbocycles. The molecule has 0 saturated heterocycles. The molecular formula is C26H20N4O3. The van der Waals surface area contributed by atoms with Crippen molar-refractivity contribution in [2.75, 3.05) is 5.32 Å². The van der Waals surface area contributed by atoms with Gasteiger partial charge in [0.15, 0.2) is 0 Å². The molecule has 2 N–H and O–H groups in total. The second-order valence-corrected chi connectivity index (χ2v) is 7.75. The number of carboxylic acids is 1. The van der Waals surface area contributed by atoms with Crippen molar-refractivity contribution in [3.05, 3.63) is 103 Å². The number of aliphatic carboxylic acids is 1. The minimum atomic E-state index is -0.891. The zero-order valence-corrected chi connectivity index (χ0v) is 17.6. The largest absolute Gasteiger partial charge is 0.481 e. The van der Waals surface area contributed by atoms with Gasteiger partial charge in [-0.15, -0.1) is 0 Å². The highest BCUT2D eigenvalue weighted by molar-refractivity contribution is 6.05. The highest BCUT2D eigenvalue weighted by Gasteiger charge is 2.20. The van der Waals surface area contributed by atoms with Gasteiger partial charge in [0.05, 0.1) is 29.8 Å². The van der Waals surface area contributed by atoms with E-state index < -0.39 is 12.0 Å². The van der Waals surface area contributed by atoms with Crippen molar-refractivity contribution in [3.8, 4) is 0 Å². The van der Waals surface area contributed by atoms with Crippen molar-refractivity contribution < 1.29 is 14.7 Å². The van der Waals surface area contributed by atoms with Crippen molar-refractivity contribution in [1.29, 1.82) is 0 Å². The Morgan fingerprint density at radius 1 is 0.909 bits per heavy atom. The number of carboxylic acid groups (broad SMARTS) is 1. The van der Waals surface area contributed by atoms with Crippen LogP contribution in [0.2, 0.25) is 0 Å². The Hall–Kier alpha value is -4.52. The van der Waals surface area contributed by atoms with E-state index >= 15 is 0 Å². The summed E-state index contributed by atoms with van der Waals surface area (Å²) in [5, 5.41) is 14.2. The number of benzene rings is 3. The first-order valence-corrected chi connectivity index (χ1v) is 10.5. The van der Waals surface area contributed by atoms with Crippen LogP contribution in [0.5, 0.6) is 0 Å². The third-order valence-corrected chi connectivity index (χ3v) is 5.58. The van der Waals surface area contributed by atoms with E-state index in [0.29, 0.717) is 16.9 Å². The van der Waals surface area contributed by atoms with Crippen LogP contribution in [0, 0.1) is 0 Å². The van der Waals surface area contributed by atoms with Gasteiger partial charge in [0, 0.05) is 17.3 Å². The minimum absolute atomic E-state index is 0.0679. The normalized spacial score (nSPS) is 12.0. The molecule has 2 aromatic heterocycles. The van der Waals surface area contributed by atoms with E-state index in [4.69, 9.17) is 0 Å². The summed E-state index contributed by atoms with van der Waals surface area (Å²) in [6.45, 7) is 0. The van der Waals surface area contributed by atoms with Crippen LogP contribution >= 0.6 is 0 Å². The van der Waals surface area contributed by atoms with Crippen LogP contribution in [0.4, 0.5) is 5.69 Å². The Balaban J connectivity index is 1.43. The van der Waals surface area contributed by atoms with Gasteiger partial charge < -0.3 is 15.0 Å². The van der Waals surface area contributed by atoms with E-state index in [-0.39, 0.29) is 12.3 Å². The number of aromatic nitrogens is 3. The summed E-state index contributed by atoms with van der Waals surface area (Å²) in [6.07, 6.45) is 3.25. The van der Waals surface area contributed by atoms with E-state index in [1.807, 2.05) is 65.2 Å². The molecule has 7 heteroatoms. The summed E-state index contributed by atoms with van der Waals surface area (Å²) in [4.78, 5) is 33.0. The number of rotatable bonds is 6. The van der Waals surface area contributed by atoms with Gasteiger partial charge in [0.1, 0.15) is 5.69 Å². The zero-order valence-electron chi connectivity index (χ0n) is 17.6. The first-order valence-electron chi connectivity index (χ1n) is 10.5. The van der Waals surface area contributed by atoms with Gasteiger partial charge in [-0.1, -0.05) is 54.6 Å². The third kappa shape index (κ3) is 4.16. The molecule has 5 aromatic rings. The Kier molecular flexibility index (Phi) is 5.28. The second-order valence-electron chi connectivity index (χ2n) is 7.75. The van der Waals surface area contributed by atoms with E-state index in [2.05, 4.69) is 15.3 Å². The van der Waals surface area contributed by atoms with Gasteiger partial charge in [-0.05, 0) is 35.2 Å². The van der Waals surface area contributed by atoms with E-state index in [9.17, 15) is 14.7 Å². The lowest BCUT2D eigenvalue weighted by Crippen LogP contribution is -2.15. The number of nitrogens with one attached hydrogen (secondary N) is 1. The number of imidazole rings is 1. The van der Waals surface area contributed by atoms with Crippen LogP contribution in [0.15, 0.2) is 91.4 Å². The first kappa shape index (κ1) is 20.4. The molecule has 0 spiro atoms. The molecule has 162 valence electrons. The molecule has 33 heavy (non-hydrogen) atoms.